The van der Waals surface area contributed by atoms with E-state index in [1.165, 1.54) is 4.90 Å². The van der Waals surface area contributed by atoms with E-state index < -0.39 is 15.4 Å². The Hall–Kier alpha value is -5.29. The summed E-state index contributed by atoms with van der Waals surface area (Å²) in [6, 6.07) is 27.3. The van der Waals surface area contributed by atoms with Crippen molar-refractivity contribution in [1.82, 2.24) is 24.6 Å². The van der Waals surface area contributed by atoms with Gasteiger partial charge >= 0.3 is 0 Å². The number of ether oxygens (including phenoxy) is 1. The van der Waals surface area contributed by atoms with Crippen LogP contribution in [0.25, 0.3) is 0 Å². The molecular weight excluding hydrogens is 748 g/mol. The van der Waals surface area contributed by atoms with E-state index in [9.17, 15) is 18.5 Å². The molecular formula is C42H43ClN8O4S. The molecule has 8 rings (SSSR count). The largest absolute Gasteiger partial charge is 0.365 e. The van der Waals surface area contributed by atoms with Crippen molar-refractivity contribution in [3.05, 3.63) is 128 Å². The second kappa shape index (κ2) is 15.0. The highest BCUT2D eigenvalue weighted by molar-refractivity contribution is 7.90. The van der Waals surface area contributed by atoms with Crippen LogP contribution in [0.2, 0.25) is 5.02 Å². The summed E-state index contributed by atoms with van der Waals surface area (Å²) in [5.41, 5.74) is 6.74. The first kappa shape index (κ1) is 37.6. The lowest BCUT2D eigenvalue weighted by molar-refractivity contribution is -0.0857. The maximum absolute atomic E-state index is 13.2. The third-order valence-electron chi connectivity index (χ3n) is 11.0. The number of nitriles is 1. The molecule has 1 amide bonds. The highest BCUT2D eigenvalue weighted by Crippen LogP contribution is 2.49. The van der Waals surface area contributed by atoms with Gasteiger partial charge in [0.1, 0.15) is 17.5 Å². The fraction of sp³-hybridized carbons (Fsp3) is 0.357. The van der Waals surface area contributed by atoms with Crippen molar-refractivity contribution in [1.29, 1.82) is 5.26 Å². The van der Waals surface area contributed by atoms with Gasteiger partial charge in [-0.15, -0.1) is 0 Å². The number of anilines is 2. The number of carbonyl (C=O) groups excluding carboxylic acids is 1. The van der Waals surface area contributed by atoms with Crippen LogP contribution in [0.1, 0.15) is 74.5 Å². The highest BCUT2D eigenvalue weighted by Gasteiger charge is 2.45. The molecule has 5 aromatic rings. The van der Waals surface area contributed by atoms with Crippen molar-refractivity contribution in [2.75, 3.05) is 36.7 Å². The Balaban J connectivity index is 1.21. The van der Waals surface area contributed by atoms with Crippen LogP contribution in [0.5, 0.6) is 0 Å². The fourth-order valence-electron chi connectivity index (χ4n) is 8.34. The number of nitrogens with zero attached hydrogens (tertiary/aromatic N) is 8. The zero-order chi connectivity index (χ0) is 39.2. The number of carbonyl (C=O) groups is 1. The Morgan fingerprint density at radius 2 is 1.68 bits per heavy atom. The molecule has 0 bridgehead atoms. The van der Waals surface area contributed by atoms with E-state index in [1.54, 1.807) is 18.8 Å². The Morgan fingerprint density at radius 1 is 0.982 bits per heavy atom. The maximum atomic E-state index is 13.2. The zero-order valence-electron chi connectivity index (χ0n) is 31.7. The molecule has 1 aliphatic carbocycles. The second-order valence-electron chi connectivity index (χ2n) is 15.1. The monoisotopic (exact) mass is 790 g/mol. The lowest BCUT2D eigenvalue weighted by Crippen LogP contribution is -2.42. The van der Waals surface area contributed by atoms with Gasteiger partial charge < -0.3 is 19.4 Å². The van der Waals surface area contributed by atoms with Crippen LogP contribution in [0, 0.1) is 11.3 Å². The summed E-state index contributed by atoms with van der Waals surface area (Å²) in [5.74, 6) is 0.161. The van der Waals surface area contributed by atoms with Crippen LogP contribution >= 0.6 is 11.6 Å². The molecule has 2 aliphatic heterocycles. The Morgan fingerprint density at radius 3 is 2.32 bits per heavy atom. The molecule has 14 heteroatoms. The molecule has 56 heavy (non-hydrogen) atoms. The Labute approximate surface area is 332 Å². The van der Waals surface area contributed by atoms with Crippen LogP contribution in [0.15, 0.2) is 78.0 Å². The predicted octanol–water partition coefficient (Wildman–Crippen LogP) is 6.23. The number of benzene rings is 3. The summed E-state index contributed by atoms with van der Waals surface area (Å²) >= 11 is 6.81. The first-order valence-electron chi connectivity index (χ1n) is 18.8. The first-order chi connectivity index (χ1) is 27.0. The van der Waals surface area contributed by atoms with Crippen molar-refractivity contribution in [3.63, 3.8) is 0 Å². The second-order valence-corrected chi connectivity index (χ2v) is 17.4. The molecule has 0 saturated carbocycles. The van der Waals surface area contributed by atoms with Gasteiger partial charge in [0, 0.05) is 64.1 Å². The molecule has 1 unspecified atom stereocenters. The normalized spacial score (nSPS) is 17.7. The topological polar surface area (TPSA) is 138 Å². The molecule has 288 valence electrons. The van der Waals surface area contributed by atoms with E-state index in [2.05, 4.69) is 57.4 Å². The first-order valence-corrected chi connectivity index (χ1v) is 21.1. The molecule has 1 spiro atoms. The minimum Gasteiger partial charge on any atom is -0.365 e. The van der Waals surface area contributed by atoms with E-state index in [4.69, 9.17) is 21.3 Å². The van der Waals surface area contributed by atoms with Crippen molar-refractivity contribution in [2.24, 2.45) is 0 Å². The Kier molecular flexibility index (Phi) is 10.1. The number of amides is 1. The van der Waals surface area contributed by atoms with E-state index in [0.717, 1.165) is 47.0 Å². The summed E-state index contributed by atoms with van der Waals surface area (Å²) in [6.45, 7) is 2.63. The molecule has 0 fully saturated rings. The van der Waals surface area contributed by atoms with E-state index in [1.807, 2.05) is 41.3 Å². The van der Waals surface area contributed by atoms with Gasteiger partial charge in [-0.1, -0.05) is 78.3 Å². The molecule has 4 heterocycles. The number of hydrogen-bond acceptors (Lipinski definition) is 10. The smallest absolute Gasteiger partial charge is 0.275 e. The number of rotatable bonds is 8. The zero-order valence-corrected chi connectivity index (χ0v) is 33.3. The van der Waals surface area contributed by atoms with Crippen molar-refractivity contribution >= 4 is 38.9 Å². The molecule has 12 nitrogen and oxygen atoms in total. The van der Waals surface area contributed by atoms with Crippen molar-refractivity contribution < 1.29 is 17.9 Å². The van der Waals surface area contributed by atoms with Gasteiger partial charge in [0.15, 0.2) is 5.69 Å². The third-order valence-corrected chi connectivity index (χ3v) is 12.2. The molecule has 0 radical (unpaired) electrons. The van der Waals surface area contributed by atoms with Gasteiger partial charge in [-0.25, -0.2) is 18.4 Å². The molecule has 0 N–H and O–H groups in total. The fourth-order valence-corrected chi connectivity index (χ4v) is 9.15. The minimum absolute atomic E-state index is 0.120. The number of halogens is 1. The summed E-state index contributed by atoms with van der Waals surface area (Å²) < 4.78 is 35.2. The van der Waals surface area contributed by atoms with E-state index >= 15 is 0 Å². The summed E-state index contributed by atoms with van der Waals surface area (Å²) in [6.07, 6.45) is 4.32. The summed E-state index contributed by atoms with van der Waals surface area (Å²) in [5, 5.41) is 15.6. The quantitative estimate of drug-likeness (QED) is 0.167. The number of sulfone groups is 1. The third kappa shape index (κ3) is 7.02. The molecule has 3 aliphatic rings. The van der Waals surface area contributed by atoms with Gasteiger partial charge in [0.05, 0.1) is 40.8 Å². The average molecular weight is 791 g/mol. The van der Waals surface area contributed by atoms with Gasteiger partial charge in [-0.2, -0.15) is 10.4 Å². The van der Waals surface area contributed by atoms with Gasteiger partial charge in [0.25, 0.3) is 5.91 Å². The molecule has 0 saturated heterocycles. The van der Waals surface area contributed by atoms with Crippen LogP contribution in [-0.4, -0.2) is 65.9 Å². The minimum atomic E-state index is -3.83. The van der Waals surface area contributed by atoms with Gasteiger partial charge in [0.2, 0.25) is 15.0 Å². The molecule has 1 atom stereocenters. The van der Waals surface area contributed by atoms with Crippen LogP contribution < -0.4 is 9.80 Å². The van der Waals surface area contributed by atoms with Crippen molar-refractivity contribution in [2.45, 2.75) is 75.6 Å². The number of aryl methyl sites for hydroxylation is 2. The van der Waals surface area contributed by atoms with Crippen LogP contribution in [-0.2, 0) is 65.8 Å². The molecule has 3 aromatic carbocycles. The lowest BCUT2D eigenvalue weighted by Gasteiger charge is -2.44. The summed E-state index contributed by atoms with van der Waals surface area (Å²) in [4.78, 5) is 28.0. The van der Waals surface area contributed by atoms with Gasteiger partial charge in [-0.3, -0.25) is 9.48 Å². The van der Waals surface area contributed by atoms with Crippen molar-refractivity contribution in [3.8, 4) is 6.07 Å². The molecule has 2 aromatic heterocycles. The standard InChI is InChI=1S/C42H43ClN8O4S/c1-48(2)40(52)38-37(43)35-26-49(20-11-21-51(35)47-38)39-32-27-55-42(22-33(32)45-41(46-39)56(3,53)54)19-10-16-30-17-18-34(31(23-44)36(30)42)50(24-28-12-6-4-7-13-28)25-29-14-8-5-9-15-29/h4-9,12-15,17-18H,10-11,16,19-22,24-27H2,1-3H3. The number of fused-ring (bicyclic) bond motifs is 4. The number of hydrogen-bond donors (Lipinski definition) is 0. The maximum Gasteiger partial charge on any atom is 0.275 e. The highest BCUT2D eigenvalue weighted by atomic mass is 35.5. The predicted molar refractivity (Wildman–Crippen MR) is 213 cm³/mol. The van der Waals surface area contributed by atoms with E-state index in [-0.39, 0.29) is 41.4 Å². The van der Waals surface area contributed by atoms with E-state index in [0.29, 0.717) is 67.4 Å². The lowest BCUT2D eigenvalue weighted by atomic mass is 9.72. The average Bonchev–Trinajstić information content (AvgIpc) is 3.34. The van der Waals surface area contributed by atoms with Crippen LogP contribution in [0.4, 0.5) is 11.5 Å². The van der Waals surface area contributed by atoms with Gasteiger partial charge in [-0.05, 0) is 48.4 Å². The number of aromatic nitrogens is 4. The van der Waals surface area contributed by atoms with Crippen LogP contribution in [0.3, 0.4) is 0 Å². The summed E-state index contributed by atoms with van der Waals surface area (Å²) in [7, 11) is -0.524. The SMILES string of the molecule is CN(C)C(=O)c1nn2c(c1Cl)CN(c1nc(S(C)(=O)=O)nc3c1COC1(CCCc4ccc(N(Cc5ccccc5)Cc5ccccc5)c(C#N)c41)C3)CCC2. The Bertz CT molecular complexity index is 2430.